The summed E-state index contributed by atoms with van der Waals surface area (Å²) < 4.78 is 61.9. The SMILES string of the molecule is O=C(CCCCCCCCC(=O)Oc1cc(F)cc(F)c1)Oc1cc(F)cc(F)c1. The molecule has 162 valence electrons. The van der Waals surface area contributed by atoms with Gasteiger partial charge in [-0.3, -0.25) is 9.59 Å². The van der Waals surface area contributed by atoms with Crippen LogP contribution in [0.25, 0.3) is 0 Å². The van der Waals surface area contributed by atoms with Crippen molar-refractivity contribution < 1.29 is 36.6 Å². The van der Waals surface area contributed by atoms with E-state index in [9.17, 15) is 27.2 Å². The fourth-order valence-electron chi connectivity index (χ4n) is 2.79. The lowest BCUT2D eigenvalue weighted by Crippen LogP contribution is -2.08. The van der Waals surface area contributed by atoms with Gasteiger partial charge in [0.05, 0.1) is 0 Å². The number of rotatable bonds is 11. The van der Waals surface area contributed by atoms with Gasteiger partial charge in [-0.15, -0.1) is 0 Å². The van der Waals surface area contributed by atoms with Gasteiger partial charge in [0.25, 0.3) is 0 Å². The smallest absolute Gasteiger partial charge is 0.311 e. The Labute approximate surface area is 171 Å². The molecule has 0 N–H and O–H groups in total. The summed E-state index contributed by atoms with van der Waals surface area (Å²) in [6, 6.07) is 5.15. The molecule has 2 rings (SSSR count). The molecule has 0 heterocycles. The van der Waals surface area contributed by atoms with Crippen molar-refractivity contribution in [2.75, 3.05) is 0 Å². The zero-order chi connectivity index (χ0) is 21.9. The van der Waals surface area contributed by atoms with Crippen LogP contribution in [0.4, 0.5) is 17.6 Å². The fraction of sp³-hybridized carbons (Fsp3) is 0.364. The third-order valence-electron chi connectivity index (χ3n) is 4.15. The summed E-state index contributed by atoms with van der Waals surface area (Å²) in [5, 5.41) is 0. The van der Waals surface area contributed by atoms with Gasteiger partial charge in [-0.25, -0.2) is 17.6 Å². The summed E-state index contributed by atoms with van der Waals surface area (Å²) in [5.41, 5.74) is 0. The molecule has 8 heteroatoms. The van der Waals surface area contributed by atoms with E-state index in [1.807, 2.05) is 0 Å². The molecule has 0 aliphatic rings. The Balaban J connectivity index is 1.51. The van der Waals surface area contributed by atoms with Crippen LogP contribution in [0.2, 0.25) is 0 Å². The number of benzene rings is 2. The Morgan fingerprint density at radius 2 is 0.833 bits per heavy atom. The van der Waals surface area contributed by atoms with Crippen LogP contribution in [0, 0.1) is 23.3 Å². The second kappa shape index (κ2) is 11.9. The Hall–Kier alpha value is -2.90. The molecule has 0 bridgehead atoms. The van der Waals surface area contributed by atoms with Gasteiger partial charge in [-0.2, -0.15) is 0 Å². The Morgan fingerprint density at radius 3 is 1.17 bits per heavy atom. The molecular weight excluding hydrogens is 404 g/mol. The summed E-state index contributed by atoms with van der Waals surface area (Å²) in [5.74, 6) is -4.70. The number of hydrogen-bond acceptors (Lipinski definition) is 4. The van der Waals surface area contributed by atoms with Crippen LogP contribution in [0.1, 0.15) is 51.4 Å². The Bertz CT molecular complexity index is 758. The minimum atomic E-state index is -0.815. The maximum Gasteiger partial charge on any atom is 0.311 e. The van der Waals surface area contributed by atoms with E-state index < -0.39 is 35.2 Å². The van der Waals surface area contributed by atoms with Crippen molar-refractivity contribution in [3.8, 4) is 11.5 Å². The third kappa shape index (κ3) is 9.07. The largest absolute Gasteiger partial charge is 0.426 e. The van der Waals surface area contributed by atoms with Gasteiger partial charge < -0.3 is 9.47 Å². The van der Waals surface area contributed by atoms with Gasteiger partial charge in [-0.05, 0) is 12.8 Å². The van der Waals surface area contributed by atoms with Crippen LogP contribution < -0.4 is 9.47 Å². The normalized spacial score (nSPS) is 10.7. The van der Waals surface area contributed by atoms with E-state index in [4.69, 9.17) is 9.47 Å². The van der Waals surface area contributed by atoms with E-state index in [0.717, 1.165) is 49.9 Å². The van der Waals surface area contributed by atoms with Crippen LogP contribution in [-0.4, -0.2) is 11.9 Å². The van der Waals surface area contributed by atoms with E-state index in [1.165, 1.54) is 0 Å². The molecule has 0 radical (unpaired) electrons. The Kier molecular flexibility index (Phi) is 9.31. The number of halogens is 4. The number of carbonyl (C=O) groups is 2. The van der Waals surface area contributed by atoms with E-state index in [0.29, 0.717) is 25.0 Å². The first-order valence-corrected chi connectivity index (χ1v) is 9.65. The molecular formula is C22H22F4O4. The maximum atomic E-state index is 13.0. The molecule has 0 spiro atoms. The van der Waals surface area contributed by atoms with E-state index >= 15 is 0 Å². The average molecular weight is 426 g/mol. The topological polar surface area (TPSA) is 52.6 Å². The van der Waals surface area contributed by atoms with Crippen LogP contribution in [0.15, 0.2) is 36.4 Å². The quantitative estimate of drug-likeness (QED) is 0.195. The second-order valence-corrected chi connectivity index (χ2v) is 6.78. The molecule has 0 saturated carbocycles. The molecule has 4 nitrogen and oxygen atoms in total. The fourth-order valence-corrected chi connectivity index (χ4v) is 2.79. The van der Waals surface area contributed by atoms with Crippen LogP contribution in [0.3, 0.4) is 0 Å². The van der Waals surface area contributed by atoms with Gasteiger partial charge >= 0.3 is 11.9 Å². The predicted molar refractivity (Wildman–Crippen MR) is 101 cm³/mol. The van der Waals surface area contributed by atoms with E-state index in [2.05, 4.69) is 0 Å². The number of esters is 2. The maximum absolute atomic E-state index is 13.0. The van der Waals surface area contributed by atoms with Gasteiger partial charge in [0.1, 0.15) is 34.8 Å². The van der Waals surface area contributed by atoms with E-state index in [1.54, 1.807) is 0 Å². The molecule has 0 aliphatic carbocycles. The summed E-state index contributed by atoms with van der Waals surface area (Å²) in [6.45, 7) is 0. The lowest BCUT2D eigenvalue weighted by molar-refractivity contribution is -0.135. The number of ether oxygens (including phenoxy) is 2. The first kappa shape index (κ1) is 23.4. The van der Waals surface area contributed by atoms with Gasteiger partial charge in [-0.1, -0.05) is 25.7 Å². The highest BCUT2D eigenvalue weighted by atomic mass is 19.1. The molecule has 0 amide bonds. The Morgan fingerprint density at radius 1 is 0.533 bits per heavy atom. The summed E-state index contributed by atoms with van der Waals surface area (Å²) >= 11 is 0. The highest BCUT2D eigenvalue weighted by Crippen LogP contribution is 2.18. The standard InChI is InChI=1S/C22H22F4O4/c23-15-9-16(24)12-19(11-15)29-21(27)7-5-3-1-2-4-6-8-22(28)30-20-13-17(25)10-18(26)14-20/h9-14H,1-8H2. The van der Waals surface area contributed by atoms with Crippen molar-refractivity contribution in [2.45, 2.75) is 51.4 Å². The summed E-state index contributed by atoms with van der Waals surface area (Å²) in [6.07, 6.45) is 4.62. The number of unbranched alkanes of at least 4 members (excludes halogenated alkanes) is 5. The molecule has 2 aromatic carbocycles. The highest BCUT2D eigenvalue weighted by molar-refractivity contribution is 5.72. The first-order chi connectivity index (χ1) is 14.3. The molecule has 30 heavy (non-hydrogen) atoms. The van der Waals surface area contributed by atoms with Crippen molar-refractivity contribution >= 4 is 11.9 Å². The zero-order valence-electron chi connectivity index (χ0n) is 16.3. The molecule has 0 atom stereocenters. The average Bonchev–Trinajstić information content (AvgIpc) is 2.62. The molecule has 0 fully saturated rings. The third-order valence-corrected chi connectivity index (χ3v) is 4.15. The van der Waals surface area contributed by atoms with Crippen molar-refractivity contribution in [1.82, 2.24) is 0 Å². The van der Waals surface area contributed by atoms with E-state index in [-0.39, 0.29) is 24.3 Å². The highest BCUT2D eigenvalue weighted by Gasteiger charge is 2.09. The molecule has 0 aliphatic heterocycles. The van der Waals surface area contributed by atoms with Crippen molar-refractivity contribution in [1.29, 1.82) is 0 Å². The van der Waals surface area contributed by atoms with Crippen molar-refractivity contribution in [3.05, 3.63) is 59.7 Å². The summed E-state index contributed by atoms with van der Waals surface area (Å²) in [7, 11) is 0. The molecule has 2 aromatic rings. The van der Waals surface area contributed by atoms with Crippen LogP contribution in [-0.2, 0) is 9.59 Å². The van der Waals surface area contributed by atoms with Gasteiger partial charge in [0.2, 0.25) is 0 Å². The summed E-state index contributed by atoms with van der Waals surface area (Å²) in [4.78, 5) is 23.3. The van der Waals surface area contributed by atoms with Crippen molar-refractivity contribution in [2.24, 2.45) is 0 Å². The van der Waals surface area contributed by atoms with Gasteiger partial charge in [0, 0.05) is 49.2 Å². The van der Waals surface area contributed by atoms with Crippen LogP contribution >= 0.6 is 0 Å². The van der Waals surface area contributed by atoms with Crippen molar-refractivity contribution in [3.63, 3.8) is 0 Å². The molecule has 0 aromatic heterocycles. The first-order valence-electron chi connectivity index (χ1n) is 9.65. The lowest BCUT2D eigenvalue weighted by atomic mass is 10.1. The van der Waals surface area contributed by atoms with Crippen LogP contribution in [0.5, 0.6) is 11.5 Å². The minimum Gasteiger partial charge on any atom is -0.426 e. The zero-order valence-corrected chi connectivity index (χ0v) is 16.3. The minimum absolute atomic E-state index is 0.134. The monoisotopic (exact) mass is 426 g/mol. The molecule has 0 saturated heterocycles. The van der Waals surface area contributed by atoms with Gasteiger partial charge in [0.15, 0.2) is 0 Å². The number of carbonyl (C=O) groups excluding carboxylic acids is 2. The second-order valence-electron chi connectivity index (χ2n) is 6.78. The molecule has 0 unspecified atom stereocenters. The predicted octanol–water partition coefficient (Wildman–Crippen LogP) is 5.87. The number of hydrogen-bond donors (Lipinski definition) is 0. The lowest BCUT2D eigenvalue weighted by Gasteiger charge is -2.06.